The second-order valence-electron chi connectivity index (χ2n) is 9.00. The minimum absolute atomic E-state index is 0.0200. The molecule has 2 atom stereocenters. The molecule has 0 radical (unpaired) electrons. The molecule has 0 aromatic rings. The van der Waals surface area contributed by atoms with Gasteiger partial charge in [-0.15, -0.1) is 6.58 Å². The van der Waals surface area contributed by atoms with E-state index in [1.807, 2.05) is 26.8 Å². The lowest BCUT2D eigenvalue weighted by atomic mass is 10.00. The Kier molecular flexibility index (Phi) is 6.13. The van der Waals surface area contributed by atoms with Crippen molar-refractivity contribution in [3.05, 3.63) is 12.7 Å². The van der Waals surface area contributed by atoms with Crippen molar-refractivity contribution in [2.24, 2.45) is 0 Å². The van der Waals surface area contributed by atoms with Gasteiger partial charge >= 0.3 is 6.09 Å². The Morgan fingerprint density at radius 3 is 2.22 bits per heavy atom. The van der Waals surface area contributed by atoms with Crippen molar-refractivity contribution < 1.29 is 14.0 Å². The SMILES string of the molecule is C=C[C@H]1CC(O[Si](C)(C)C(C)(C)C)CCN1C(=O)OC(C)(C)C. The van der Waals surface area contributed by atoms with E-state index >= 15 is 0 Å². The van der Waals surface area contributed by atoms with Crippen LogP contribution in [0, 0.1) is 0 Å². The highest BCUT2D eigenvalue weighted by molar-refractivity contribution is 6.74. The maximum atomic E-state index is 12.4. The molecule has 0 aromatic heterocycles. The molecule has 0 spiro atoms. The molecule has 0 N–H and O–H groups in total. The van der Waals surface area contributed by atoms with Gasteiger partial charge in [-0.05, 0) is 51.7 Å². The van der Waals surface area contributed by atoms with Crippen molar-refractivity contribution in [1.29, 1.82) is 0 Å². The van der Waals surface area contributed by atoms with Crippen LogP contribution in [0.15, 0.2) is 12.7 Å². The Balaban J connectivity index is 2.73. The highest BCUT2D eigenvalue weighted by Gasteiger charge is 2.41. The molecule has 1 fully saturated rings. The van der Waals surface area contributed by atoms with Crippen LogP contribution in [0.5, 0.6) is 0 Å². The Labute approximate surface area is 143 Å². The molecular weight excluding hydrogens is 306 g/mol. The zero-order valence-corrected chi connectivity index (χ0v) is 17.2. The maximum Gasteiger partial charge on any atom is 0.410 e. The molecule has 0 saturated carbocycles. The molecule has 1 unspecified atom stereocenters. The van der Waals surface area contributed by atoms with Gasteiger partial charge in [-0.1, -0.05) is 26.8 Å². The second-order valence-corrected chi connectivity index (χ2v) is 13.8. The zero-order valence-electron chi connectivity index (χ0n) is 16.2. The number of hydrogen-bond acceptors (Lipinski definition) is 3. The smallest absolute Gasteiger partial charge is 0.410 e. The maximum absolute atomic E-state index is 12.4. The average Bonchev–Trinajstić information content (AvgIpc) is 2.34. The summed E-state index contributed by atoms with van der Waals surface area (Å²) in [5.41, 5.74) is -0.475. The number of piperidine rings is 1. The number of carbonyl (C=O) groups excluding carboxylic acids is 1. The van der Waals surface area contributed by atoms with Crippen molar-refractivity contribution in [3.63, 3.8) is 0 Å². The largest absolute Gasteiger partial charge is 0.444 e. The van der Waals surface area contributed by atoms with Gasteiger partial charge in [0.1, 0.15) is 5.60 Å². The number of carbonyl (C=O) groups is 1. The van der Waals surface area contributed by atoms with Gasteiger partial charge in [0.25, 0.3) is 0 Å². The van der Waals surface area contributed by atoms with Crippen molar-refractivity contribution in [3.8, 4) is 0 Å². The summed E-state index contributed by atoms with van der Waals surface area (Å²) in [4.78, 5) is 14.1. The highest BCUT2D eigenvalue weighted by atomic mass is 28.4. The second kappa shape index (κ2) is 6.97. The Morgan fingerprint density at radius 1 is 1.22 bits per heavy atom. The Hall–Kier alpha value is -0.813. The summed E-state index contributed by atoms with van der Waals surface area (Å²) in [6.45, 7) is 21.5. The van der Waals surface area contributed by atoms with Crippen molar-refractivity contribution in [2.45, 2.75) is 90.3 Å². The lowest BCUT2D eigenvalue weighted by Gasteiger charge is -2.44. The standard InChI is InChI=1S/C18H35NO3Si/c1-10-14-13-15(22-23(8,9)18(5,6)7)11-12-19(14)16(20)21-17(2,3)4/h10,14-15H,1,11-13H2,2-9H3/t14-,15?/m0/s1. The minimum Gasteiger partial charge on any atom is -0.444 e. The van der Waals surface area contributed by atoms with E-state index in [0.29, 0.717) is 6.54 Å². The third-order valence-electron chi connectivity index (χ3n) is 4.76. The van der Waals surface area contributed by atoms with Gasteiger partial charge in [0, 0.05) is 12.6 Å². The normalized spacial score (nSPS) is 23.6. The monoisotopic (exact) mass is 341 g/mol. The first-order chi connectivity index (χ1) is 10.3. The molecular formula is C18H35NO3Si. The van der Waals surface area contributed by atoms with Gasteiger partial charge in [-0.25, -0.2) is 4.79 Å². The highest BCUT2D eigenvalue weighted by Crippen LogP contribution is 2.39. The van der Waals surface area contributed by atoms with E-state index in [1.54, 1.807) is 4.90 Å². The van der Waals surface area contributed by atoms with Crippen LogP contribution in [0.25, 0.3) is 0 Å². The number of ether oxygens (including phenoxy) is 1. The molecule has 0 bridgehead atoms. The fraction of sp³-hybridized carbons (Fsp3) is 0.833. The minimum atomic E-state index is -1.79. The molecule has 1 amide bonds. The zero-order chi connectivity index (χ0) is 18.1. The van der Waals surface area contributed by atoms with E-state index in [1.165, 1.54) is 0 Å². The van der Waals surface area contributed by atoms with Crippen LogP contribution >= 0.6 is 0 Å². The van der Waals surface area contributed by atoms with E-state index < -0.39 is 13.9 Å². The Bertz CT molecular complexity index is 435. The number of nitrogens with zero attached hydrogens (tertiary/aromatic N) is 1. The summed E-state index contributed by atoms with van der Waals surface area (Å²) in [6, 6.07) is -0.0200. The molecule has 1 saturated heterocycles. The van der Waals surface area contributed by atoms with E-state index in [0.717, 1.165) is 12.8 Å². The molecule has 0 aromatic carbocycles. The molecule has 5 heteroatoms. The summed E-state index contributed by atoms with van der Waals surface area (Å²) >= 11 is 0. The van der Waals surface area contributed by atoms with Gasteiger partial charge in [-0.3, -0.25) is 0 Å². The molecule has 0 aliphatic carbocycles. The predicted octanol–water partition coefficient (Wildman–Crippen LogP) is 4.96. The lowest BCUT2D eigenvalue weighted by Crippen LogP contribution is -2.52. The van der Waals surface area contributed by atoms with Gasteiger partial charge < -0.3 is 14.1 Å². The first kappa shape index (κ1) is 20.2. The summed E-state index contributed by atoms with van der Waals surface area (Å²) in [5.74, 6) is 0. The fourth-order valence-electron chi connectivity index (χ4n) is 2.43. The molecule has 1 heterocycles. The van der Waals surface area contributed by atoms with E-state index in [9.17, 15) is 4.79 Å². The Morgan fingerprint density at radius 2 is 1.78 bits per heavy atom. The first-order valence-electron chi connectivity index (χ1n) is 8.57. The average molecular weight is 342 g/mol. The number of likely N-dealkylation sites (tertiary alicyclic amines) is 1. The molecule has 1 aliphatic heterocycles. The van der Waals surface area contributed by atoms with Crippen LogP contribution in [0.2, 0.25) is 18.1 Å². The van der Waals surface area contributed by atoms with Crippen molar-refractivity contribution in [2.75, 3.05) is 6.54 Å². The molecule has 134 valence electrons. The van der Waals surface area contributed by atoms with Crippen LogP contribution in [0.3, 0.4) is 0 Å². The van der Waals surface area contributed by atoms with E-state index in [2.05, 4.69) is 40.4 Å². The molecule has 1 aliphatic rings. The predicted molar refractivity (Wildman–Crippen MR) is 98.2 cm³/mol. The van der Waals surface area contributed by atoms with Crippen molar-refractivity contribution in [1.82, 2.24) is 4.90 Å². The van der Waals surface area contributed by atoms with Gasteiger partial charge in [0.2, 0.25) is 0 Å². The topological polar surface area (TPSA) is 38.8 Å². The number of amides is 1. The van der Waals surface area contributed by atoms with Crippen molar-refractivity contribution >= 4 is 14.4 Å². The van der Waals surface area contributed by atoms with Crippen LogP contribution < -0.4 is 0 Å². The first-order valence-corrected chi connectivity index (χ1v) is 11.5. The summed E-state index contributed by atoms with van der Waals surface area (Å²) < 4.78 is 12.0. The summed E-state index contributed by atoms with van der Waals surface area (Å²) in [5, 5.41) is 0.193. The van der Waals surface area contributed by atoms with Gasteiger partial charge in [-0.2, -0.15) is 0 Å². The van der Waals surface area contributed by atoms with E-state index in [-0.39, 0.29) is 23.3 Å². The molecule has 23 heavy (non-hydrogen) atoms. The quantitative estimate of drug-likeness (QED) is 0.538. The summed E-state index contributed by atoms with van der Waals surface area (Å²) in [7, 11) is -1.79. The lowest BCUT2D eigenvalue weighted by molar-refractivity contribution is 0.00157. The van der Waals surface area contributed by atoms with Gasteiger partial charge in [0.05, 0.1) is 6.04 Å². The number of hydrogen-bond donors (Lipinski definition) is 0. The molecule has 4 nitrogen and oxygen atoms in total. The number of rotatable bonds is 3. The van der Waals surface area contributed by atoms with Crippen LogP contribution in [0.4, 0.5) is 4.79 Å². The third kappa shape index (κ3) is 5.64. The third-order valence-corrected chi connectivity index (χ3v) is 9.30. The van der Waals surface area contributed by atoms with Gasteiger partial charge in [0.15, 0.2) is 8.32 Å². The van der Waals surface area contributed by atoms with E-state index in [4.69, 9.17) is 9.16 Å². The fourth-order valence-corrected chi connectivity index (χ4v) is 3.84. The van der Waals surface area contributed by atoms with Crippen LogP contribution in [-0.4, -0.2) is 43.6 Å². The van der Waals surface area contributed by atoms with Crippen LogP contribution in [-0.2, 0) is 9.16 Å². The van der Waals surface area contributed by atoms with Crippen LogP contribution in [0.1, 0.15) is 54.4 Å². The molecule has 1 rings (SSSR count). The summed E-state index contributed by atoms with van der Waals surface area (Å²) in [6.07, 6.45) is 3.43.